The van der Waals surface area contributed by atoms with E-state index < -0.39 is 0 Å². The zero-order chi connectivity index (χ0) is 13.7. The molecule has 4 nitrogen and oxygen atoms in total. The van der Waals surface area contributed by atoms with E-state index in [0.717, 1.165) is 11.4 Å². The van der Waals surface area contributed by atoms with E-state index in [0.29, 0.717) is 0 Å². The minimum absolute atomic E-state index is 0.0127. The molecule has 0 fully saturated rings. The smallest absolute Gasteiger partial charge is 0.238 e. The lowest BCUT2D eigenvalue weighted by Crippen LogP contribution is -2.29. The molecule has 1 aromatic heterocycles. The molecule has 100 valence electrons. The molecule has 2 aromatic rings. The number of rotatable bonds is 5. The number of anilines is 1. The number of nitrogens with one attached hydrogen (secondary N) is 2. The molecule has 2 rings (SSSR count). The van der Waals surface area contributed by atoms with E-state index in [2.05, 4.69) is 10.6 Å². The van der Waals surface area contributed by atoms with Crippen LogP contribution in [0.1, 0.15) is 24.3 Å². The number of hydrogen-bond donors (Lipinski definition) is 2. The Morgan fingerprint density at radius 1 is 1.26 bits per heavy atom. The predicted molar refractivity (Wildman–Crippen MR) is 74.9 cm³/mol. The van der Waals surface area contributed by atoms with Crippen molar-refractivity contribution in [2.45, 2.75) is 19.9 Å². The zero-order valence-electron chi connectivity index (χ0n) is 11.1. The Balaban J connectivity index is 1.80. The normalized spacial score (nSPS) is 12.1. The second-order valence-electron chi connectivity index (χ2n) is 4.53. The summed E-state index contributed by atoms with van der Waals surface area (Å²) in [5.74, 6) is 0.755. The summed E-state index contributed by atoms with van der Waals surface area (Å²) in [5, 5.41) is 5.95. The van der Waals surface area contributed by atoms with Gasteiger partial charge < -0.3 is 9.73 Å². The van der Waals surface area contributed by atoms with Crippen LogP contribution < -0.4 is 10.6 Å². The average molecular weight is 258 g/mol. The van der Waals surface area contributed by atoms with E-state index >= 15 is 0 Å². The van der Waals surface area contributed by atoms with Gasteiger partial charge in [0.2, 0.25) is 5.91 Å². The number of benzene rings is 1. The van der Waals surface area contributed by atoms with Gasteiger partial charge >= 0.3 is 0 Å². The summed E-state index contributed by atoms with van der Waals surface area (Å²) in [6.07, 6.45) is 1.62. The summed E-state index contributed by atoms with van der Waals surface area (Å²) in [4.78, 5) is 11.8. The first kappa shape index (κ1) is 13.4. The highest BCUT2D eigenvalue weighted by Crippen LogP contribution is 2.12. The van der Waals surface area contributed by atoms with E-state index in [1.807, 2.05) is 50.2 Å². The maximum absolute atomic E-state index is 11.8. The molecule has 1 aromatic carbocycles. The number of amides is 1. The molecule has 0 unspecified atom stereocenters. The summed E-state index contributed by atoms with van der Waals surface area (Å²) in [5.41, 5.74) is 1.98. The standard InChI is InChI=1S/C15H18N2O2/c1-11-5-7-13(8-6-11)17-15(18)10-16-12(2)14-4-3-9-19-14/h3-9,12,16H,10H2,1-2H3,(H,17,18)/t12-/m1/s1. The van der Waals surface area contributed by atoms with Crippen LogP contribution in [-0.4, -0.2) is 12.5 Å². The third kappa shape index (κ3) is 3.96. The van der Waals surface area contributed by atoms with Gasteiger partial charge in [-0.05, 0) is 38.1 Å². The molecule has 1 amide bonds. The van der Waals surface area contributed by atoms with Gasteiger partial charge in [0.25, 0.3) is 0 Å². The van der Waals surface area contributed by atoms with E-state index in [9.17, 15) is 4.79 Å². The fourth-order valence-corrected chi connectivity index (χ4v) is 1.73. The first-order valence-electron chi connectivity index (χ1n) is 6.28. The lowest BCUT2D eigenvalue weighted by atomic mass is 10.2. The van der Waals surface area contributed by atoms with E-state index in [-0.39, 0.29) is 18.5 Å². The summed E-state index contributed by atoms with van der Waals surface area (Å²) < 4.78 is 5.26. The van der Waals surface area contributed by atoms with Gasteiger partial charge in [0.1, 0.15) is 5.76 Å². The van der Waals surface area contributed by atoms with E-state index in [4.69, 9.17) is 4.42 Å². The fourth-order valence-electron chi connectivity index (χ4n) is 1.73. The van der Waals surface area contributed by atoms with Crippen LogP contribution in [0.3, 0.4) is 0 Å². The Hall–Kier alpha value is -2.07. The molecular weight excluding hydrogens is 240 g/mol. The largest absolute Gasteiger partial charge is 0.468 e. The number of furan rings is 1. The minimum atomic E-state index is -0.0674. The van der Waals surface area contributed by atoms with E-state index in [1.165, 1.54) is 5.56 Å². The van der Waals surface area contributed by atoms with Gasteiger partial charge in [-0.3, -0.25) is 10.1 Å². The fraction of sp³-hybridized carbons (Fsp3) is 0.267. The van der Waals surface area contributed by atoms with Crippen LogP contribution in [0, 0.1) is 6.92 Å². The quantitative estimate of drug-likeness (QED) is 0.867. The zero-order valence-corrected chi connectivity index (χ0v) is 11.1. The van der Waals surface area contributed by atoms with Gasteiger partial charge in [-0.1, -0.05) is 17.7 Å². The molecule has 0 saturated carbocycles. The molecule has 4 heteroatoms. The highest BCUT2D eigenvalue weighted by molar-refractivity contribution is 5.92. The maximum Gasteiger partial charge on any atom is 0.238 e. The summed E-state index contributed by atoms with van der Waals surface area (Å²) in [7, 11) is 0. The first-order chi connectivity index (χ1) is 9.15. The Labute approximate surface area is 112 Å². The van der Waals surface area contributed by atoms with Crippen LogP contribution in [0.15, 0.2) is 47.1 Å². The van der Waals surface area contributed by atoms with Gasteiger partial charge in [0.05, 0.1) is 18.8 Å². The third-order valence-electron chi connectivity index (χ3n) is 2.87. The Morgan fingerprint density at radius 3 is 2.63 bits per heavy atom. The van der Waals surface area contributed by atoms with Gasteiger partial charge in [0, 0.05) is 5.69 Å². The van der Waals surface area contributed by atoms with Crippen molar-refractivity contribution < 1.29 is 9.21 Å². The molecule has 0 aliphatic carbocycles. The van der Waals surface area contributed by atoms with Crippen LogP contribution in [0.5, 0.6) is 0 Å². The van der Waals surface area contributed by atoms with Crippen molar-refractivity contribution in [3.63, 3.8) is 0 Å². The molecule has 0 bridgehead atoms. The van der Waals surface area contributed by atoms with Crippen molar-refractivity contribution in [2.24, 2.45) is 0 Å². The minimum Gasteiger partial charge on any atom is -0.468 e. The van der Waals surface area contributed by atoms with Gasteiger partial charge in [-0.2, -0.15) is 0 Å². The maximum atomic E-state index is 11.8. The lowest BCUT2D eigenvalue weighted by Gasteiger charge is -2.11. The van der Waals surface area contributed by atoms with Gasteiger partial charge in [-0.25, -0.2) is 0 Å². The molecular formula is C15H18N2O2. The number of carbonyl (C=O) groups excluding carboxylic acids is 1. The molecule has 0 aliphatic heterocycles. The van der Waals surface area contributed by atoms with Crippen LogP contribution in [0.25, 0.3) is 0 Å². The molecule has 1 atom stereocenters. The Bertz CT molecular complexity index is 518. The molecule has 0 aliphatic rings. The Kier molecular flexibility index (Phi) is 4.36. The van der Waals surface area contributed by atoms with Crippen molar-refractivity contribution in [3.05, 3.63) is 54.0 Å². The molecule has 0 spiro atoms. The van der Waals surface area contributed by atoms with Crippen LogP contribution >= 0.6 is 0 Å². The average Bonchev–Trinajstić information content (AvgIpc) is 2.93. The number of hydrogen-bond acceptors (Lipinski definition) is 3. The van der Waals surface area contributed by atoms with Crippen LogP contribution in [0.4, 0.5) is 5.69 Å². The van der Waals surface area contributed by atoms with Crippen molar-refractivity contribution in [3.8, 4) is 0 Å². The van der Waals surface area contributed by atoms with Crippen molar-refractivity contribution in [1.82, 2.24) is 5.32 Å². The SMILES string of the molecule is Cc1ccc(NC(=O)CN[C@H](C)c2ccco2)cc1. The monoisotopic (exact) mass is 258 g/mol. The summed E-state index contributed by atoms with van der Waals surface area (Å²) in [6, 6.07) is 11.4. The molecule has 2 N–H and O–H groups in total. The molecule has 0 radical (unpaired) electrons. The molecule has 19 heavy (non-hydrogen) atoms. The first-order valence-corrected chi connectivity index (χ1v) is 6.28. The highest BCUT2D eigenvalue weighted by Gasteiger charge is 2.09. The van der Waals surface area contributed by atoms with Gasteiger partial charge in [-0.15, -0.1) is 0 Å². The molecule has 0 saturated heterocycles. The molecule has 1 heterocycles. The van der Waals surface area contributed by atoms with Crippen LogP contribution in [0.2, 0.25) is 0 Å². The van der Waals surface area contributed by atoms with E-state index in [1.54, 1.807) is 6.26 Å². The summed E-state index contributed by atoms with van der Waals surface area (Å²) >= 11 is 0. The number of carbonyl (C=O) groups is 1. The van der Waals surface area contributed by atoms with Crippen molar-refractivity contribution in [1.29, 1.82) is 0 Å². The van der Waals surface area contributed by atoms with Crippen molar-refractivity contribution in [2.75, 3.05) is 11.9 Å². The number of aryl methyl sites for hydroxylation is 1. The highest BCUT2D eigenvalue weighted by atomic mass is 16.3. The second-order valence-corrected chi connectivity index (χ2v) is 4.53. The summed E-state index contributed by atoms with van der Waals surface area (Å²) in [6.45, 7) is 4.21. The van der Waals surface area contributed by atoms with Crippen molar-refractivity contribution >= 4 is 11.6 Å². The second kappa shape index (κ2) is 6.20. The van der Waals surface area contributed by atoms with Crippen LogP contribution in [-0.2, 0) is 4.79 Å². The topological polar surface area (TPSA) is 54.3 Å². The lowest BCUT2D eigenvalue weighted by molar-refractivity contribution is -0.115. The van der Waals surface area contributed by atoms with Gasteiger partial charge in [0.15, 0.2) is 0 Å². The predicted octanol–water partition coefficient (Wildman–Crippen LogP) is 2.88. The third-order valence-corrected chi connectivity index (χ3v) is 2.87. The Morgan fingerprint density at radius 2 is 2.00 bits per heavy atom.